The minimum Gasteiger partial charge on any atom is -0.375 e. The Bertz CT molecular complexity index is 1380. The normalized spacial score (nSPS) is 11.3. The largest absolute Gasteiger partial charge is 0.375 e. The number of carbonyl (C=O) groups excluding carboxylic acids is 1. The molecule has 33 heavy (non-hydrogen) atoms. The zero-order valence-electron chi connectivity index (χ0n) is 18.3. The molecule has 0 atom stereocenters. The van der Waals surface area contributed by atoms with Crippen molar-refractivity contribution < 1.29 is 9.18 Å². The first kappa shape index (κ1) is 21.9. The van der Waals surface area contributed by atoms with Gasteiger partial charge in [0, 0.05) is 41.4 Å². The number of carbonyl (C=O) groups is 1. The molecule has 0 aliphatic carbocycles. The van der Waals surface area contributed by atoms with E-state index in [1.807, 2.05) is 43.3 Å². The maximum Gasteiger partial charge on any atom is 0.256 e. The van der Waals surface area contributed by atoms with Crippen LogP contribution >= 0.6 is 0 Å². The molecule has 3 aromatic carbocycles. The quantitative estimate of drug-likeness (QED) is 0.362. The first-order valence-electron chi connectivity index (χ1n) is 10.5. The Labute approximate surface area is 191 Å². The lowest BCUT2D eigenvalue weighted by Crippen LogP contribution is -2.30. The molecule has 3 N–H and O–H groups in total. The molecule has 0 aliphatic rings. The summed E-state index contributed by atoms with van der Waals surface area (Å²) in [4.78, 5) is 17.3. The van der Waals surface area contributed by atoms with Crippen molar-refractivity contribution in [2.45, 2.75) is 6.92 Å². The zero-order valence-corrected chi connectivity index (χ0v) is 18.3. The second-order valence-corrected chi connectivity index (χ2v) is 7.63. The van der Waals surface area contributed by atoms with E-state index in [9.17, 15) is 9.18 Å². The van der Waals surface area contributed by atoms with Crippen molar-refractivity contribution in [2.24, 2.45) is 0 Å². The van der Waals surface area contributed by atoms with E-state index in [1.165, 1.54) is 12.1 Å². The van der Waals surface area contributed by atoms with Crippen molar-refractivity contribution in [1.29, 1.82) is 5.41 Å². The smallest absolute Gasteiger partial charge is 0.256 e. The third-order valence-corrected chi connectivity index (χ3v) is 5.37. The van der Waals surface area contributed by atoms with Crippen LogP contribution in [-0.2, 0) is 0 Å². The van der Waals surface area contributed by atoms with E-state index in [2.05, 4.69) is 15.6 Å². The maximum absolute atomic E-state index is 13.2. The van der Waals surface area contributed by atoms with Crippen LogP contribution in [0.25, 0.3) is 22.0 Å². The topological polar surface area (TPSA) is 77.9 Å². The number of fused-ring (bicyclic) bond motifs is 1. The van der Waals surface area contributed by atoms with Gasteiger partial charge in [0.25, 0.3) is 5.91 Å². The van der Waals surface area contributed by atoms with Crippen molar-refractivity contribution in [2.75, 3.05) is 7.05 Å². The van der Waals surface area contributed by atoms with Crippen molar-refractivity contribution in [1.82, 2.24) is 15.6 Å². The number of rotatable bonds is 6. The molecule has 1 heterocycles. The lowest BCUT2D eigenvalue weighted by atomic mass is 10.0. The van der Waals surface area contributed by atoms with Gasteiger partial charge >= 0.3 is 0 Å². The van der Waals surface area contributed by atoms with Gasteiger partial charge in [0.2, 0.25) is 0 Å². The van der Waals surface area contributed by atoms with Gasteiger partial charge in [-0.05, 0) is 48.4 Å². The van der Waals surface area contributed by atoms with Crippen LogP contribution in [0.3, 0.4) is 0 Å². The van der Waals surface area contributed by atoms with E-state index < -0.39 is 0 Å². The highest BCUT2D eigenvalue weighted by Crippen LogP contribution is 2.23. The first-order chi connectivity index (χ1) is 15.9. The Hall–Kier alpha value is -4.32. The van der Waals surface area contributed by atoms with E-state index in [0.29, 0.717) is 22.6 Å². The summed E-state index contributed by atoms with van der Waals surface area (Å²) in [5, 5.41) is 15.0. The molecule has 0 saturated carbocycles. The summed E-state index contributed by atoms with van der Waals surface area (Å²) in [7, 11) is 1.69. The van der Waals surface area contributed by atoms with E-state index in [-0.39, 0.29) is 11.7 Å². The van der Waals surface area contributed by atoms with Crippen LogP contribution in [0, 0.1) is 18.2 Å². The minimum absolute atomic E-state index is 0.285. The van der Waals surface area contributed by atoms with E-state index >= 15 is 0 Å². The lowest BCUT2D eigenvalue weighted by molar-refractivity contribution is 0.0964. The molecular formula is C27H23FN4O. The van der Waals surface area contributed by atoms with Crippen LogP contribution in [0.15, 0.2) is 90.9 Å². The molecule has 1 aromatic heterocycles. The molecule has 0 unspecified atom stereocenters. The van der Waals surface area contributed by atoms with Gasteiger partial charge in [0.1, 0.15) is 11.6 Å². The number of pyridine rings is 1. The number of amides is 1. The van der Waals surface area contributed by atoms with Crippen LogP contribution < -0.4 is 10.6 Å². The predicted octanol–water partition coefficient (Wildman–Crippen LogP) is 5.21. The van der Waals surface area contributed by atoms with Crippen LogP contribution in [0.5, 0.6) is 0 Å². The highest BCUT2D eigenvalue weighted by Gasteiger charge is 2.11. The minimum atomic E-state index is -0.306. The first-order valence-corrected chi connectivity index (χ1v) is 10.5. The maximum atomic E-state index is 13.2. The molecule has 0 fully saturated rings. The second-order valence-electron chi connectivity index (χ2n) is 7.63. The summed E-state index contributed by atoms with van der Waals surface area (Å²) in [6.07, 6.45) is 3.30. The molecule has 4 aromatic rings. The van der Waals surface area contributed by atoms with Gasteiger partial charge in [0.05, 0.1) is 11.2 Å². The van der Waals surface area contributed by atoms with Gasteiger partial charge in [-0.15, -0.1) is 0 Å². The SMILES string of the molecule is CN/C(=C\C(=N)c1ccccc1C)NC(=O)c1ccc2cc(-c3ccc(F)cc3)cnc2c1. The monoisotopic (exact) mass is 438 g/mol. The highest BCUT2D eigenvalue weighted by atomic mass is 19.1. The summed E-state index contributed by atoms with van der Waals surface area (Å²) < 4.78 is 13.2. The van der Waals surface area contributed by atoms with E-state index in [0.717, 1.165) is 27.6 Å². The number of nitrogens with one attached hydrogen (secondary N) is 3. The Balaban J connectivity index is 1.54. The number of hydrogen-bond acceptors (Lipinski definition) is 4. The van der Waals surface area contributed by atoms with Gasteiger partial charge in [0.15, 0.2) is 0 Å². The van der Waals surface area contributed by atoms with Gasteiger partial charge < -0.3 is 16.0 Å². The molecule has 6 heteroatoms. The molecule has 0 saturated heterocycles. The summed E-state index contributed by atoms with van der Waals surface area (Å²) in [5.74, 6) is -0.167. The number of nitrogens with zero attached hydrogens (tertiary/aromatic N) is 1. The average molecular weight is 439 g/mol. The Morgan fingerprint density at radius 2 is 1.76 bits per heavy atom. The molecule has 5 nitrogen and oxygen atoms in total. The van der Waals surface area contributed by atoms with Gasteiger partial charge in [-0.3, -0.25) is 9.78 Å². The van der Waals surface area contributed by atoms with E-state index in [4.69, 9.17) is 5.41 Å². The van der Waals surface area contributed by atoms with Crippen LogP contribution in [0.1, 0.15) is 21.5 Å². The molecular weight excluding hydrogens is 415 g/mol. The standard InChI is InChI=1S/C27H23FN4O/c1-17-5-3-4-6-23(17)24(29)15-26(30-2)32-27(33)20-8-7-19-13-21(16-31-25(19)14-20)18-9-11-22(28)12-10-18/h3-16,29-30H,1-2H3,(H,32,33)/b26-15+,29-24?. The molecule has 0 bridgehead atoms. The predicted molar refractivity (Wildman–Crippen MR) is 130 cm³/mol. The lowest BCUT2D eigenvalue weighted by Gasteiger charge is -2.11. The van der Waals surface area contributed by atoms with Crippen LogP contribution in [-0.4, -0.2) is 23.7 Å². The molecule has 4 rings (SSSR count). The average Bonchev–Trinajstić information content (AvgIpc) is 2.83. The molecule has 164 valence electrons. The summed E-state index contributed by atoms with van der Waals surface area (Å²) >= 11 is 0. The Morgan fingerprint density at radius 3 is 2.48 bits per heavy atom. The summed E-state index contributed by atoms with van der Waals surface area (Å²) in [6, 6.07) is 21.1. The van der Waals surface area contributed by atoms with Gasteiger partial charge in [-0.25, -0.2) is 4.39 Å². The van der Waals surface area contributed by atoms with Gasteiger partial charge in [-0.2, -0.15) is 0 Å². The molecule has 0 aliphatic heterocycles. The number of aryl methyl sites for hydroxylation is 1. The zero-order chi connectivity index (χ0) is 23.4. The molecule has 1 amide bonds. The number of halogens is 1. The fraction of sp³-hybridized carbons (Fsp3) is 0.0741. The fourth-order valence-electron chi connectivity index (χ4n) is 3.53. The molecule has 0 spiro atoms. The summed E-state index contributed by atoms with van der Waals surface area (Å²) in [6.45, 7) is 1.94. The van der Waals surface area contributed by atoms with Crippen molar-refractivity contribution in [3.63, 3.8) is 0 Å². The van der Waals surface area contributed by atoms with E-state index in [1.54, 1.807) is 43.6 Å². The number of hydrogen-bond donors (Lipinski definition) is 3. The molecule has 0 radical (unpaired) electrons. The third-order valence-electron chi connectivity index (χ3n) is 5.37. The number of benzene rings is 3. The van der Waals surface area contributed by atoms with Gasteiger partial charge in [-0.1, -0.05) is 42.5 Å². The Kier molecular flexibility index (Phi) is 6.26. The third kappa shape index (κ3) is 4.96. The second kappa shape index (κ2) is 9.44. The number of allylic oxidation sites excluding steroid dienone is 1. The fourth-order valence-corrected chi connectivity index (χ4v) is 3.53. The van der Waals surface area contributed by atoms with Crippen LogP contribution in [0.2, 0.25) is 0 Å². The van der Waals surface area contributed by atoms with Crippen molar-refractivity contribution in [3.8, 4) is 11.1 Å². The Morgan fingerprint density at radius 1 is 1.00 bits per heavy atom. The number of aromatic nitrogens is 1. The highest BCUT2D eigenvalue weighted by molar-refractivity contribution is 6.08. The summed E-state index contributed by atoms with van der Waals surface area (Å²) in [5.41, 5.74) is 4.95. The van der Waals surface area contributed by atoms with Crippen molar-refractivity contribution >= 4 is 22.5 Å². The van der Waals surface area contributed by atoms with Crippen LogP contribution in [0.4, 0.5) is 4.39 Å². The van der Waals surface area contributed by atoms with Crippen molar-refractivity contribution in [3.05, 3.63) is 113 Å².